The molecule has 0 bridgehead atoms. The van der Waals surface area contributed by atoms with Gasteiger partial charge in [-0.2, -0.15) is 0 Å². The van der Waals surface area contributed by atoms with Gasteiger partial charge in [-0.25, -0.2) is 0 Å². The highest BCUT2D eigenvalue weighted by Gasteiger charge is 2.46. The van der Waals surface area contributed by atoms with Gasteiger partial charge in [0, 0.05) is 24.8 Å². The highest BCUT2D eigenvalue weighted by atomic mass is 16.5. The second-order valence-corrected chi connectivity index (χ2v) is 13.6. The van der Waals surface area contributed by atoms with Crippen LogP contribution in [-0.2, 0) is 19.1 Å². The van der Waals surface area contributed by atoms with Crippen molar-refractivity contribution >= 4 is 11.9 Å². The Balaban J connectivity index is 2.16. The lowest BCUT2D eigenvalue weighted by Gasteiger charge is -2.35. The first-order valence-corrected chi connectivity index (χ1v) is 13.1. The molecular weight excluding hydrogens is 414 g/mol. The van der Waals surface area contributed by atoms with Crippen molar-refractivity contribution in [2.75, 3.05) is 0 Å². The number of ether oxygens (including phenoxy) is 2. The molecule has 5 nitrogen and oxygen atoms in total. The molecule has 0 spiro atoms. The molecule has 0 saturated carbocycles. The summed E-state index contributed by atoms with van der Waals surface area (Å²) in [5.74, 6) is -0.159. The van der Waals surface area contributed by atoms with Crippen molar-refractivity contribution in [3.05, 3.63) is 0 Å². The van der Waals surface area contributed by atoms with Crippen molar-refractivity contribution in [3.8, 4) is 0 Å². The minimum atomic E-state index is -0.181. The molecule has 1 heterocycles. The summed E-state index contributed by atoms with van der Waals surface area (Å²) in [6.45, 7) is 21.5. The lowest BCUT2D eigenvalue weighted by atomic mass is 9.78. The van der Waals surface area contributed by atoms with E-state index in [1.54, 1.807) is 0 Å². The number of hydrogen-bond donors (Lipinski definition) is 1. The van der Waals surface area contributed by atoms with E-state index in [2.05, 4.69) is 74.6 Å². The average molecular weight is 468 g/mol. The molecule has 0 aromatic carbocycles. The number of esters is 2. The van der Waals surface area contributed by atoms with E-state index in [-0.39, 0.29) is 46.1 Å². The van der Waals surface area contributed by atoms with Crippen molar-refractivity contribution in [1.29, 1.82) is 0 Å². The Labute approximate surface area is 204 Å². The standard InChI is InChI=1S/C28H53NO4/c1-25(2,3)19-21(26(4,5)6)32-23(30)17-15-13-11-12-14-16-18-24(31)33-22-20-27(7,8)29-28(22,9)10/h21-22,29H,11-20H2,1-10H3. The first-order valence-electron chi connectivity index (χ1n) is 13.1. The van der Waals surface area contributed by atoms with Gasteiger partial charge in [-0.1, -0.05) is 67.2 Å². The zero-order valence-electron chi connectivity index (χ0n) is 23.4. The van der Waals surface area contributed by atoms with Gasteiger partial charge in [-0.3, -0.25) is 9.59 Å². The van der Waals surface area contributed by atoms with Gasteiger partial charge in [0.1, 0.15) is 12.2 Å². The minimum absolute atomic E-state index is 0.00111. The van der Waals surface area contributed by atoms with Crippen molar-refractivity contribution < 1.29 is 19.1 Å². The second-order valence-electron chi connectivity index (χ2n) is 13.6. The van der Waals surface area contributed by atoms with Gasteiger partial charge in [0.15, 0.2) is 0 Å². The summed E-state index contributed by atoms with van der Waals surface area (Å²) in [6, 6.07) is 0. The number of carbonyl (C=O) groups is 2. The van der Waals surface area contributed by atoms with E-state index in [9.17, 15) is 9.59 Å². The van der Waals surface area contributed by atoms with Crippen LogP contribution in [-0.4, -0.2) is 35.2 Å². The smallest absolute Gasteiger partial charge is 0.306 e. The molecule has 1 aliphatic heterocycles. The summed E-state index contributed by atoms with van der Waals surface area (Å²) in [7, 11) is 0. The first kappa shape index (κ1) is 29.9. The predicted octanol–water partition coefficient (Wildman–Crippen LogP) is 6.96. The fraction of sp³-hybridized carbons (Fsp3) is 0.929. The summed E-state index contributed by atoms with van der Waals surface area (Å²) in [4.78, 5) is 24.6. The number of hydrogen-bond acceptors (Lipinski definition) is 5. The molecule has 2 atom stereocenters. The van der Waals surface area contributed by atoms with Crippen LogP contribution in [0.5, 0.6) is 0 Å². The third kappa shape index (κ3) is 12.2. The van der Waals surface area contributed by atoms with Crippen molar-refractivity contribution in [3.63, 3.8) is 0 Å². The Morgan fingerprint density at radius 1 is 0.848 bits per heavy atom. The maximum Gasteiger partial charge on any atom is 0.306 e. The Morgan fingerprint density at radius 3 is 1.76 bits per heavy atom. The number of nitrogens with one attached hydrogen (secondary N) is 1. The number of unbranched alkanes of at least 4 members (excludes halogenated alkanes) is 5. The summed E-state index contributed by atoms with van der Waals surface area (Å²) in [6.07, 6.45) is 8.52. The molecule has 1 rings (SSSR count). The van der Waals surface area contributed by atoms with E-state index in [1.165, 1.54) is 0 Å². The zero-order chi connectivity index (χ0) is 25.5. The molecule has 0 aromatic rings. The molecule has 0 aliphatic carbocycles. The fourth-order valence-electron chi connectivity index (χ4n) is 4.67. The molecular formula is C28H53NO4. The summed E-state index contributed by atoms with van der Waals surface area (Å²) >= 11 is 0. The molecule has 194 valence electrons. The highest BCUT2D eigenvalue weighted by molar-refractivity contribution is 5.70. The molecule has 0 aromatic heterocycles. The van der Waals surface area contributed by atoms with Crippen LogP contribution in [0.2, 0.25) is 0 Å². The third-order valence-corrected chi connectivity index (χ3v) is 6.48. The van der Waals surface area contributed by atoms with Crippen molar-refractivity contribution in [2.45, 2.75) is 157 Å². The van der Waals surface area contributed by atoms with Crippen molar-refractivity contribution in [1.82, 2.24) is 5.32 Å². The van der Waals surface area contributed by atoms with Gasteiger partial charge in [0.05, 0.1) is 5.54 Å². The third-order valence-electron chi connectivity index (χ3n) is 6.48. The maximum absolute atomic E-state index is 12.3. The first-order chi connectivity index (χ1) is 14.9. The van der Waals surface area contributed by atoms with Crippen LogP contribution in [0, 0.1) is 10.8 Å². The molecule has 2 unspecified atom stereocenters. The quantitative estimate of drug-likeness (QED) is 0.248. The molecule has 0 amide bonds. The van der Waals surface area contributed by atoms with E-state index in [4.69, 9.17) is 9.47 Å². The van der Waals surface area contributed by atoms with Gasteiger partial charge in [-0.15, -0.1) is 0 Å². The van der Waals surface area contributed by atoms with Crippen LogP contribution in [0.4, 0.5) is 0 Å². The van der Waals surface area contributed by atoms with Gasteiger partial charge in [0.25, 0.3) is 0 Å². The molecule has 1 saturated heterocycles. The van der Waals surface area contributed by atoms with Crippen LogP contribution in [0.15, 0.2) is 0 Å². The van der Waals surface area contributed by atoms with E-state index in [1.807, 2.05) is 0 Å². The lowest BCUT2D eigenvalue weighted by Crippen LogP contribution is -2.47. The van der Waals surface area contributed by atoms with E-state index >= 15 is 0 Å². The van der Waals surface area contributed by atoms with Gasteiger partial charge in [-0.05, 0) is 57.8 Å². The minimum Gasteiger partial charge on any atom is -0.462 e. The van der Waals surface area contributed by atoms with Gasteiger partial charge >= 0.3 is 11.9 Å². The van der Waals surface area contributed by atoms with E-state index < -0.39 is 0 Å². The Kier molecular flexibility index (Phi) is 10.9. The maximum atomic E-state index is 12.3. The van der Waals surface area contributed by atoms with Crippen LogP contribution < -0.4 is 5.32 Å². The van der Waals surface area contributed by atoms with Crippen LogP contribution in [0.3, 0.4) is 0 Å². The van der Waals surface area contributed by atoms with Crippen LogP contribution >= 0.6 is 0 Å². The average Bonchev–Trinajstić information content (AvgIpc) is 2.81. The SMILES string of the molecule is CC(C)(C)CC(OC(=O)CCCCCCCCC(=O)OC1CC(C)(C)NC1(C)C)C(C)(C)C. The lowest BCUT2D eigenvalue weighted by molar-refractivity contribution is -0.157. The molecule has 33 heavy (non-hydrogen) atoms. The summed E-state index contributed by atoms with van der Waals surface area (Å²) in [5, 5.41) is 3.55. The topological polar surface area (TPSA) is 64.6 Å². The van der Waals surface area contributed by atoms with Gasteiger partial charge < -0.3 is 14.8 Å². The normalized spacial score (nSPS) is 21.0. The largest absolute Gasteiger partial charge is 0.462 e. The Bertz CT molecular complexity index is 625. The second kappa shape index (κ2) is 12.0. The highest BCUT2D eigenvalue weighted by Crippen LogP contribution is 2.34. The summed E-state index contributed by atoms with van der Waals surface area (Å²) < 4.78 is 11.6. The number of carbonyl (C=O) groups excluding carboxylic acids is 2. The molecule has 1 fully saturated rings. The van der Waals surface area contributed by atoms with E-state index in [0.717, 1.165) is 51.4 Å². The monoisotopic (exact) mass is 467 g/mol. The van der Waals surface area contributed by atoms with Crippen LogP contribution in [0.25, 0.3) is 0 Å². The predicted molar refractivity (Wildman–Crippen MR) is 136 cm³/mol. The van der Waals surface area contributed by atoms with Gasteiger partial charge in [0.2, 0.25) is 0 Å². The number of rotatable bonds is 12. The molecule has 0 radical (unpaired) electrons. The van der Waals surface area contributed by atoms with Crippen molar-refractivity contribution in [2.24, 2.45) is 10.8 Å². The fourth-order valence-corrected chi connectivity index (χ4v) is 4.67. The Morgan fingerprint density at radius 2 is 1.33 bits per heavy atom. The molecule has 1 N–H and O–H groups in total. The van der Waals surface area contributed by atoms with Crippen LogP contribution in [0.1, 0.15) is 133 Å². The molecule has 5 heteroatoms. The summed E-state index contributed by atoms with van der Waals surface area (Å²) in [5.41, 5.74) is -0.100. The Hall–Kier alpha value is -1.10. The zero-order valence-corrected chi connectivity index (χ0v) is 23.4. The molecule has 1 aliphatic rings. The van der Waals surface area contributed by atoms with E-state index in [0.29, 0.717) is 12.8 Å².